The van der Waals surface area contributed by atoms with E-state index < -0.39 is 0 Å². The lowest BCUT2D eigenvalue weighted by Gasteiger charge is -2.39. The molecule has 0 spiro atoms. The highest BCUT2D eigenvalue weighted by molar-refractivity contribution is 7.11. The Labute approximate surface area is 131 Å². The van der Waals surface area contributed by atoms with Crippen molar-refractivity contribution in [3.63, 3.8) is 0 Å². The summed E-state index contributed by atoms with van der Waals surface area (Å²) < 4.78 is 0. The van der Waals surface area contributed by atoms with Crippen molar-refractivity contribution in [1.29, 1.82) is 0 Å². The number of carbonyl (C=O) groups excluding carboxylic acids is 1. The summed E-state index contributed by atoms with van der Waals surface area (Å²) in [6.45, 7) is 11.4. The first-order chi connectivity index (χ1) is 9.99. The standard InChI is InChI=1S/C15H26N4OS/c1-11(2)13(19-7-5-18(4)6-8-19)9-16-15(20)14-12(3)17-10-21-14/h10-11,13H,5-9H2,1-4H3,(H,16,20). The lowest BCUT2D eigenvalue weighted by molar-refractivity contribution is 0.0792. The van der Waals surface area contributed by atoms with Gasteiger partial charge in [-0.15, -0.1) is 11.3 Å². The van der Waals surface area contributed by atoms with Gasteiger partial charge in [0.25, 0.3) is 5.91 Å². The summed E-state index contributed by atoms with van der Waals surface area (Å²) in [4.78, 5) is 22.0. The second-order valence-electron chi connectivity index (χ2n) is 6.13. The van der Waals surface area contributed by atoms with E-state index in [1.807, 2.05) is 6.92 Å². The van der Waals surface area contributed by atoms with Crippen LogP contribution < -0.4 is 5.32 Å². The van der Waals surface area contributed by atoms with E-state index in [9.17, 15) is 4.79 Å². The number of hydrogen-bond acceptors (Lipinski definition) is 5. The molecule has 21 heavy (non-hydrogen) atoms. The molecular formula is C15H26N4OS. The molecule has 2 heterocycles. The van der Waals surface area contributed by atoms with Gasteiger partial charge in [-0.3, -0.25) is 9.69 Å². The molecule has 1 aliphatic heterocycles. The quantitative estimate of drug-likeness (QED) is 0.894. The molecule has 118 valence electrons. The zero-order valence-electron chi connectivity index (χ0n) is 13.4. The highest BCUT2D eigenvalue weighted by Crippen LogP contribution is 2.15. The Morgan fingerprint density at radius 2 is 2.05 bits per heavy atom. The first-order valence-corrected chi connectivity index (χ1v) is 8.48. The summed E-state index contributed by atoms with van der Waals surface area (Å²) in [5.74, 6) is 0.533. The summed E-state index contributed by atoms with van der Waals surface area (Å²) in [5.41, 5.74) is 2.54. The van der Waals surface area contributed by atoms with Crippen LogP contribution in [-0.2, 0) is 0 Å². The molecule has 0 aliphatic carbocycles. The molecule has 0 saturated carbocycles. The summed E-state index contributed by atoms with van der Waals surface area (Å²) in [5, 5.41) is 3.09. The predicted octanol–water partition coefficient (Wildman–Crippen LogP) is 1.45. The van der Waals surface area contributed by atoms with Gasteiger partial charge in [0.05, 0.1) is 11.2 Å². The van der Waals surface area contributed by atoms with Gasteiger partial charge < -0.3 is 10.2 Å². The fourth-order valence-electron chi connectivity index (χ4n) is 2.74. The molecular weight excluding hydrogens is 284 g/mol. The molecule has 1 atom stereocenters. The maximum Gasteiger partial charge on any atom is 0.263 e. The van der Waals surface area contributed by atoms with Crippen LogP contribution in [0.25, 0.3) is 0 Å². The molecule has 2 rings (SSSR count). The number of aryl methyl sites for hydroxylation is 1. The van der Waals surface area contributed by atoms with Crippen LogP contribution in [0.5, 0.6) is 0 Å². The Bertz CT molecular complexity index is 466. The van der Waals surface area contributed by atoms with E-state index in [2.05, 4.69) is 41.0 Å². The Morgan fingerprint density at radius 1 is 1.38 bits per heavy atom. The number of carbonyl (C=O) groups is 1. The molecule has 1 aliphatic rings. The monoisotopic (exact) mass is 310 g/mol. The average molecular weight is 310 g/mol. The summed E-state index contributed by atoms with van der Waals surface area (Å²) >= 11 is 1.41. The van der Waals surface area contributed by atoms with Crippen molar-refractivity contribution >= 4 is 17.2 Å². The van der Waals surface area contributed by atoms with Gasteiger partial charge in [0, 0.05) is 38.8 Å². The number of rotatable bonds is 5. The van der Waals surface area contributed by atoms with Crippen LogP contribution in [0.3, 0.4) is 0 Å². The van der Waals surface area contributed by atoms with Crippen molar-refractivity contribution in [3.8, 4) is 0 Å². The van der Waals surface area contributed by atoms with Gasteiger partial charge in [0.2, 0.25) is 0 Å². The molecule has 5 nitrogen and oxygen atoms in total. The number of amides is 1. The third-order valence-electron chi connectivity index (χ3n) is 4.20. The zero-order valence-corrected chi connectivity index (χ0v) is 14.2. The van der Waals surface area contributed by atoms with Gasteiger partial charge in [-0.25, -0.2) is 4.98 Å². The molecule has 1 amide bonds. The summed E-state index contributed by atoms with van der Waals surface area (Å²) in [7, 11) is 2.16. The van der Waals surface area contributed by atoms with Gasteiger partial charge in [0.1, 0.15) is 4.88 Å². The van der Waals surface area contributed by atoms with E-state index in [4.69, 9.17) is 0 Å². The number of nitrogens with one attached hydrogen (secondary N) is 1. The van der Waals surface area contributed by atoms with Crippen LogP contribution in [0.1, 0.15) is 29.2 Å². The minimum absolute atomic E-state index is 0.00905. The maximum absolute atomic E-state index is 12.2. The SMILES string of the molecule is Cc1ncsc1C(=O)NCC(C(C)C)N1CCN(C)CC1. The normalized spacial score (nSPS) is 18.9. The molecule has 1 aromatic heterocycles. The van der Waals surface area contributed by atoms with Crippen molar-refractivity contribution in [3.05, 3.63) is 16.1 Å². The lowest BCUT2D eigenvalue weighted by atomic mass is 10.0. The van der Waals surface area contributed by atoms with Crippen LogP contribution in [0.2, 0.25) is 0 Å². The van der Waals surface area contributed by atoms with Crippen LogP contribution >= 0.6 is 11.3 Å². The average Bonchev–Trinajstić information content (AvgIpc) is 2.86. The van der Waals surface area contributed by atoms with E-state index >= 15 is 0 Å². The molecule has 0 radical (unpaired) electrons. The maximum atomic E-state index is 12.2. The smallest absolute Gasteiger partial charge is 0.263 e. The molecule has 6 heteroatoms. The van der Waals surface area contributed by atoms with Crippen molar-refractivity contribution in [1.82, 2.24) is 20.1 Å². The van der Waals surface area contributed by atoms with Gasteiger partial charge >= 0.3 is 0 Å². The molecule has 1 unspecified atom stereocenters. The van der Waals surface area contributed by atoms with E-state index in [1.165, 1.54) is 11.3 Å². The van der Waals surface area contributed by atoms with Crippen molar-refractivity contribution in [2.24, 2.45) is 5.92 Å². The topological polar surface area (TPSA) is 48.5 Å². The number of hydrogen-bond donors (Lipinski definition) is 1. The van der Waals surface area contributed by atoms with Gasteiger partial charge in [-0.05, 0) is 19.9 Å². The molecule has 0 bridgehead atoms. The van der Waals surface area contributed by atoms with E-state index in [0.717, 1.165) is 36.8 Å². The van der Waals surface area contributed by atoms with Crippen molar-refractivity contribution in [2.75, 3.05) is 39.8 Å². The van der Waals surface area contributed by atoms with E-state index in [-0.39, 0.29) is 5.91 Å². The fraction of sp³-hybridized carbons (Fsp3) is 0.733. The van der Waals surface area contributed by atoms with Gasteiger partial charge in [-0.1, -0.05) is 13.8 Å². The number of aromatic nitrogens is 1. The van der Waals surface area contributed by atoms with Crippen molar-refractivity contribution in [2.45, 2.75) is 26.8 Å². The van der Waals surface area contributed by atoms with Gasteiger partial charge in [-0.2, -0.15) is 0 Å². The molecule has 1 aromatic rings. The zero-order chi connectivity index (χ0) is 15.4. The Balaban J connectivity index is 1.91. The molecule has 1 saturated heterocycles. The number of nitrogens with zero attached hydrogens (tertiary/aromatic N) is 3. The second kappa shape index (κ2) is 7.33. The largest absolute Gasteiger partial charge is 0.350 e. The van der Waals surface area contributed by atoms with Gasteiger partial charge in [0.15, 0.2) is 0 Å². The Hall–Kier alpha value is -0.980. The number of thiazole rings is 1. The number of likely N-dealkylation sites (N-methyl/N-ethyl adjacent to an activating group) is 1. The minimum atomic E-state index is 0.00905. The fourth-order valence-corrected chi connectivity index (χ4v) is 3.46. The minimum Gasteiger partial charge on any atom is -0.350 e. The van der Waals surface area contributed by atoms with E-state index in [0.29, 0.717) is 18.5 Å². The predicted molar refractivity (Wildman–Crippen MR) is 86.9 cm³/mol. The second-order valence-corrected chi connectivity index (χ2v) is 6.98. The Kier molecular flexibility index (Phi) is 5.72. The van der Waals surface area contributed by atoms with Crippen LogP contribution in [0.4, 0.5) is 0 Å². The lowest BCUT2D eigenvalue weighted by Crippen LogP contribution is -2.54. The van der Waals surface area contributed by atoms with E-state index in [1.54, 1.807) is 5.51 Å². The van der Waals surface area contributed by atoms with Crippen LogP contribution in [0.15, 0.2) is 5.51 Å². The summed E-state index contributed by atoms with van der Waals surface area (Å²) in [6.07, 6.45) is 0. The first kappa shape index (κ1) is 16.4. The summed E-state index contributed by atoms with van der Waals surface area (Å²) in [6, 6.07) is 0.399. The molecule has 1 N–H and O–H groups in total. The molecule has 0 aromatic carbocycles. The third kappa shape index (κ3) is 4.25. The molecule has 1 fully saturated rings. The van der Waals surface area contributed by atoms with Crippen LogP contribution in [-0.4, -0.2) is 66.5 Å². The highest BCUT2D eigenvalue weighted by Gasteiger charge is 2.25. The Morgan fingerprint density at radius 3 is 2.57 bits per heavy atom. The third-order valence-corrected chi connectivity index (χ3v) is 5.13. The van der Waals surface area contributed by atoms with Crippen molar-refractivity contribution < 1.29 is 4.79 Å². The number of piperazine rings is 1. The first-order valence-electron chi connectivity index (χ1n) is 7.60. The highest BCUT2D eigenvalue weighted by atomic mass is 32.1. The van der Waals surface area contributed by atoms with Crippen LogP contribution in [0, 0.1) is 12.8 Å².